The third kappa shape index (κ3) is 2.98. The highest BCUT2D eigenvalue weighted by atomic mass is 16.5. The Labute approximate surface area is 127 Å². The van der Waals surface area contributed by atoms with Gasteiger partial charge in [0, 0.05) is 5.39 Å². The van der Waals surface area contributed by atoms with Crippen LogP contribution in [0.2, 0.25) is 0 Å². The number of pyridine rings is 1. The van der Waals surface area contributed by atoms with Gasteiger partial charge in [0.2, 0.25) is 0 Å². The Morgan fingerprint density at radius 1 is 1.14 bits per heavy atom. The Bertz CT molecular complexity index is 831. The van der Waals surface area contributed by atoms with Crippen molar-refractivity contribution in [2.75, 3.05) is 12.5 Å². The number of fused-ring (bicyclic) bond motifs is 1. The van der Waals surface area contributed by atoms with Gasteiger partial charge in [-0.3, -0.25) is 5.43 Å². The number of anilines is 1. The first-order valence-corrected chi connectivity index (χ1v) is 6.78. The smallest absolute Gasteiger partial charge is 0.160 e. The summed E-state index contributed by atoms with van der Waals surface area (Å²) in [5.74, 6) is 1.17. The molecule has 2 N–H and O–H groups in total. The van der Waals surface area contributed by atoms with Crippen LogP contribution < -0.4 is 10.2 Å². The Kier molecular flexibility index (Phi) is 3.87. The van der Waals surface area contributed by atoms with Gasteiger partial charge in [-0.15, -0.1) is 0 Å². The summed E-state index contributed by atoms with van der Waals surface area (Å²) in [6, 6.07) is 16.8. The van der Waals surface area contributed by atoms with Crippen molar-refractivity contribution in [2.45, 2.75) is 0 Å². The van der Waals surface area contributed by atoms with E-state index in [0.29, 0.717) is 11.6 Å². The molecule has 0 spiro atoms. The minimum absolute atomic E-state index is 0.0790. The van der Waals surface area contributed by atoms with Gasteiger partial charge in [-0.1, -0.05) is 18.2 Å². The van der Waals surface area contributed by atoms with Crippen molar-refractivity contribution in [2.24, 2.45) is 5.10 Å². The predicted molar refractivity (Wildman–Crippen MR) is 87.6 cm³/mol. The highest BCUT2D eigenvalue weighted by Gasteiger charge is 2.00. The molecule has 3 rings (SSSR count). The number of hydrogen-bond donors (Lipinski definition) is 2. The van der Waals surface area contributed by atoms with Gasteiger partial charge in [-0.2, -0.15) is 5.10 Å². The van der Waals surface area contributed by atoms with Crippen LogP contribution in [0.4, 0.5) is 5.82 Å². The fraction of sp³-hybridized carbons (Fsp3) is 0.0588. The third-order valence-electron chi connectivity index (χ3n) is 3.19. The zero-order valence-electron chi connectivity index (χ0n) is 12.0. The van der Waals surface area contributed by atoms with Crippen molar-refractivity contribution in [1.82, 2.24) is 4.98 Å². The van der Waals surface area contributed by atoms with E-state index >= 15 is 0 Å². The van der Waals surface area contributed by atoms with Crippen LogP contribution in [-0.4, -0.2) is 23.4 Å². The van der Waals surface area contributed by atoms with Crippen molar-refractivity contribution < 1.29 is 9.84 Å². The number of para-hydroxylation sites is 1. The third-order valence-corrected chi connectivity index (χ3v) is 3.19. The fourth-order valence-electron chi connectivity index (χ4n) is 2.09. The largest absolute Gasteiger partial charge is 0.504 e. The number of phenolic OH excluding ortho intramolecular Hbond substituents is 1. The molecular formula is C17H15N3O2. The summed E-state index contributed by atoms with van der Waals surface area (Å²) in [6.07, 6.45) is 1.61. The van der Waals surface area contributed by atoms with Gasteiger partial charge < -0.3 is 9.84 Å². The number of hydrogen-bond acceptors (Lipinski definition) is 5. The normalized spacial score (nSPS) is 11.0. The second kappa shape index (κ2) is 6.13. The van der Waals surface area contributed by atoms with Crippen LogP contribution in [0.15, 0.2) is 59.7 Å². The van der Waals surface area contributed by atoms with Gasteiger partial charge in [0.05, 0.1) is 18.8 Å². The molecule has 5 heteroatoms. The topological polar surface area (TPSA) is 66.7 Å². The first-order valence-electron chi connectivity index (χ1n) is 6.78. The van der Waals surface area contributed by atoms with E-state index in [-0.39, 0.29) is 5.75 Å². The molecule has 0 saturated heterocycles. The molecule has 3 aromatic rings. The Hall–Kier alpha value is -3.08. The second-order valence-electron chi connectivity index (χ2n) is 4.69. The number of ether oxygens (including phenoxy) is 1. The van der Waals surface area contributed by atoms with Gasteiger partial charge >= 0.3 is 0 Å². The molecule has 0 fully saturated rings. The van der Waals surface area contributed by atoms with Crippen molar-refractivity contribution in [3.8, 4) is 11.5 Å². The standard InChI is InChI=1S/C17H15N3O2/c1-22-16-8-6-12(10-15(16)21)11-18-20-17-9-7-13-4-2-3-5-14(13)19-17/h2-11,21H,1H3,(H,19,20)/b18-11+. The predicted octanol–water partition coefficient (Wildman–Crippen LogP) is 3.40. The van der Waals surface area contributed by atoms with Crippen LogP contribution in [0, 0.1) is 0 Å². The first-order chi connectivity index (χ1) is 10.8. The maximum absolute atomic E-state index is 9.71. The molecule has 0 atom stereocenters. The van der Waals surface area contributed by atoms with E-state index in [0.717, 1.165) is 16.5 Å². The van der Waals surface area contributed by atoms with Gasteiger partial charge in [-0.25, -0.2) is 4.98 Å². The molecule has 22 heavy (non-hydrogen) atoms. The van der Waals surface area contributed by atoms with Gasteiger partial charge in [0.1, 0.15) is 5.82 Å². The highest BCUT2D eigenvalue weighted by Crippen LogP contribution is 2.25. The fourth-order valence-corrected chi connectivity index (χ4v) is 2.09. The summed E-state index contributed by atoms with van der Waals surface area (Å²) in [7, 11) is 1.51. The summed E-state index contributed by atoms with van der Waals surface area (Å²) in [6.45, 7) is 0. The first kappa shape index (κ1) is 13.9. The van der Waals surface area contributed by atoms with Crippen LogP contribution in [0.5, 0.6) is 11.5 Å². The number of aromatic hydroxyl groups is 1. The SMILES string of the molecule is COc1ccc(/C=N/Nc2ccc3ccccc3n2)cc1O. The molecule has 0 aliphatic heterocycles. The molecular weight excluding hydrogens is 278 g/mol. The number of nitrogens with zero attached hydrogens (tertiary/aromatic N) is 2. The van der Waals surface area contributed by atoms with Crippen molar-refractivity contribution in [3.63, 3.8) is 0 Å². The molecule has 0 amide bonds. The summed E-state index contributed by atoms with van der Waals surface area (Å²) in [5.41, 5.74) is 4.54. The van der Waals surface area contributed by atoms with Gasteiger partial charge in [-0.05, 0) is 42.0 Å². The molecule has 0 bridgehead atoms. The number of methoxy groups -OCH3 is 1. The van der Waals surface area contributed by atoms with Crippen molar-refractivity contribution in [1.29, 1.82) is 0 Å². The molecule has 1 heterocycles. The molecule has 0 saturated carbocycles. The zero-order chi connectivity index (χ0) is 15.4. The van der Waals surface area contributed by atoms with Gasteiger partial charge in [0.15, 0.2) is 11.5 Å². The van der Waals surface area contributed by atoms with Crippen LogP contribution in [0.3, 0.4) is 0 Å². The van der Waals surface area contributed by atoms with Crippen LogP contribution in [0.1, 0.15) is 5.56 Å². The summed E-state index contributed by atoms with van der Waals surface area (Å²) in [4.78, 5) is 4.46. The average Bonchev–Trinajstić information content (AvgIpc) is 2.55. The zero-order valence-corrected chi connectivity index (χ0v) is 12.0. The Morgan fingerprint density at radius 2 is 2.00 bits per heavy atom. The van der Waals surface area contributed by atoms with Crippen LogP contribution in [0.25, 0.3) is 10.9 Å². The number of hydrazone groups is 1. The van der Waals surface area contributed by atoms with E-state index in [1.807, 2.05) is 36.4 Å². The minimum atomic E-state index is 0.0790. The van der Waals surface area contributed by atoms with E-state index < -0.39 is 0 Å². The van der Waals surface area contributed by atoms with Crippen molar-refractivity contribution in [3.05, 3.63) is 60.2 Å². The lowest BCUT2D eigenvalue weighted by Gasteiger charge is -2.04. The molecule has 0 radical (unpaired) electrons. The molecule has 1 aromatic heterocycles. The lowest BCUT2D eigenvalue weighted by Crippen LogP contribution is -1.94. The maximum Gasteiger partial charge on any atom is 0.160 e. The number of aromatic nitrogens is 1. The monoisotopic (exact) mass is 293 g/mol. The van der Waals surface area contributed by atoms with E-state index in [9.17, 15) is 5.11 Å². The second-order valence-corrected chi connectivity index (χ2v) is 4.69. The number of rotatable bonds is 4. The van der Waals surface area contributed by atoms with Gasteiger partial charge in [0.25, 0.3) is 0 Å². The number of nitrogens with one attached hydrogen (secondary N) is 1. The molecule has 110 valence electrons. The van der Waals surface area contributed by atoms with E-state index in [1.165, 1.54) is 7.11 Å². The van der Waals surface area contributed by atoms with Crippen molar-refractivity contribution >= 4 is 22.9 Å². The molecule has 0 aliphatic carbocycles. The Balaban J connectivity index is 1.74. The quantitative estimate of drug-likeness (QED) is 0.571. The van der Waals surface area contributed by atoms with E-state index in [1.54, 1.807) is 24.4 Å². The van der Waals surface area contributed by atoms with E-state index in [2.05, 4.69) is 15.5 Å². The van der Waals surface area contributed by atoms with Crippen LogP contribution >= 0.6 is 0 Å². The lowest BCUT2D eigenvalue weighted by atomic mass is 10.2. The Morgan fingerprint density at radius 3 is 2.82 bits per heavy atom. The number of benzene rings is 2. The summed E-state index contributed by atoms with van der Waals surface area (Å²) < 4.78 is 4.99. The van der Waals surface area contributed by atoms with E-state index in [4.69, 9.17) is 4.74 Å². The van der Waals surface area contributed by atoms with Crippen LogP contribution in [-0.2, 0) is 0 Å². The molecule has 0 unspecified atom stereocenters. The lowest BCUT2D eigenvalue weighted by molar-refractivity contribution is 0.373. The average molecular weight is 293 g/mol. The molecule has 0 aliphatic rings. The summed E-state index contributed by atoms with van der Waals surface area (Å²) >= 11 is 0. The molecule has 5 nitrogen and oxygen atoms in total. The maximum atomic E-state index is 9.71. The highest BCUT2D eigenvalue weighted by molar-refractivity contribution is 5.82. The summed E-state index contributed by atoms with van der Waals surface area (Å²) in [5, 5.41) is 14.9. The number of phenols is 1. The minimum Gasteiger partial charge on any atom is -0.504 e. The molecule has 2 aromatic carbocycles.